The van der Waals surface area contributed by atoms with E-state index in [0.717, 1.165) is 15.8 Å². The summed E-state index contributed by atoms with van der Waals surface area (Å²) in [5, 5.41) is 10.4. The Labute approximate surface area is 205 Å². The van der Waals surface area contributed by atoms with Crippen LogP contribution in [-0.4, -0.2) is 28.6 Å². The van der Waals surface area contributed by atoms with Gasteiger partial charge >= 0.3 is 5.97 Å². The Balaban J connectivity index is 1.76. The molecule has 0 radical (unpaired) electrons. The number of para-hydroxylation sites is 1. The van der Waals surface area contributed by atoms with E-state index in [0.29, 0.717) is 38.0 Å². The second-order valence-electron chi connectivity index (χ2n) is 7.87. The number of aromatic amines is 1. The van der Waals surface area contributed by atoms with Gasteiger partial charge in [0.15, 0.2) is 5.11 Å². The van der Waals surface area contributed by atoms with E-state index in [1.165, 1.54) is 11.3 Å². The first-order valence-corrected chi connectivity index (χ1v) is 11.9. The summed E-state index contributed by atoms with van der Waals surface area (Å²) >= 11 is 6.61. The number of amides is 1. The van der Waals surface area contributed by atoms with E-state index >= 15 is 0 Å². The normalized spacial score (nSPS) is 15.6. The summed E-state index contributed by atoms with van der Waals surface area (Å²) < 4.78 is 5.19. The monoisotopic (exact) mass is 496 g/mol. The predicted octanol–water partition coefficient (Wildman–Crippen LogP) is 3.81. The van der Waals surface area contributed by atoms with E-state index in [1.807, 2.05) is 38.1 Å². The van der Waals surface area contributed by atoms with Crippen LogP contribution in [0, 0.1) is 13.8 Å². The zero-order chi connectivity index (χ0) is 24.6. The van der Waals surface area contributed by atoms with E-state index in [4.69, 9.17) is 17.0 Å². The van der Waals surface area contributed by atoms with Crippen LogP contribution >= 0.6 is 23.6 Å². The minimum atomic E-state index is -0.782. The highest BCUT2D eigenvalue weighted by Gasteiger charge is 2.33. The van der Waals surface area contributed by atoms with E-state index in [2.05, 4.69) is 20.9 Å². The van der Waals surface area contributed by atoms with Gasteiger partial charge < -0.3 is 25.7 Å². The van der Waals surface area contributed by atoms with Crippen molar-refractivity contribution < 1.29 is 14.3 Å². The third kappa shape index (κ3) is 4.34. The summed E-state index contributed by atoms with van der Waals surface area (Å²) in [4.78, 5) is 42.8. The fourth-order valence-electron chi connectivity index (χ4n) is 3.94. The third-order valence-electron chi connectivity index (χ3n) is 5.70. The smallest absolute Gasteiger partial charge is 0.341 e. The third-order valence-corrected chi connectivity index (χ3v) is 7.04. The molecule has 1 aliphatic heterocycles. The lowest BCUT2D eigenvalue weighted by Crippen LogP contribution is -2.47. The highest BCUT2D eigenvalue weighted by Crippen LogP contribution is 2.35. The summed E-state index contributed by atoms with van der Waals surface area (Å²) in [5.74, 6) is -0.946. The van der Waals surface area contributed by atoms with Crippen LogP contribution in [0.15, 0.2) is 46.4 Å². The van der Waals surface area contributed by atoms with Gasteiger partial charge in [-0.1, -0.05) is 18.2 Å². The molecule has 8 nitrogen and oxygen atoms in total. The average molecular weight is 497 g/mol. The number of hydrogen-bond acceptors (Lipinski definition) is 6. The molecule has 34 heavy (non-hydrogen) atoms. The number of esters is 1. The van der Waals surface area contributed by atoms with Crippen molar-refractivity contribution in [3.05, 3.63) is 73.5 Å². The lowest BCUT2D eigenvalue weighted by Gasteiger charge is -2.30. The van der Waals surface area contributed by atoms with Gasteiger partial charge in [0.25, 0.3) is 11.5 Å². The van der Waals surface area contributed by atoms with Crippen molar-refractivity contribution in [2.24, 2.45) is 0 Å². The van der Waals surface area contributed by atoms with E-state index in [9.17, 15) is 14.4 Å². The number of H-pyrrole nitrogens is 1. The number of rotatable bonds is 5. The van der Waals surface area contributed by atoms with Crippen molar-refractivity contribution in [3.63, 3.8) is 0 Å². The predicted molar refractivity (Wildman–Crippen MR) is 137 cm³/mol. The minimum absolute atomic E-state index is 0.225. The van der Waals surface area contributed by atoms with Gasteiger partial charge in [-0.25, -0.2) is 4.79 Å². The lowest BCUT2D eigenvalue weighted by atomic mass is 9.95. The molecule has 1 aromatic carbocycles. The molecule has 1 atom stereocenters. The fourth-order valence-corrected chi connectivity index (χ4v) is 5.26. The fraction of sp³-hybridized carbons (Fsp3) is 0.250. The van der Waals surface area contributed by atoms with Gasteiger partial charge in [-0.15, -0.1) is 11.3 Å². The second-order valence-corrected chi connectivity index (χ2v) is 9.51. The Morgan fingerprint density at radius 1 is 1.21 bits per heavy atom. The lowest BCUT2D eigenvalue weighted by molar-refractivity contribution is -0.113. The van der Waals surface area contributed by atoms with Gasteiger partial charge in [0.2, 0.25) is 0 Å². The molecule has 0 saturated carbocycles. The number of aromatic nitrogens is 1. The van der Waals surface area contributed by atoms with Crippen LogP contribution in [0.1, 0.15) is 46.3 Å². The molecule has 0 saturated heterocycles. The Kier molecular flexibility index (Phi) is 6.54. The summed E-state index contributed by atoms with van der Waals surface area (Å²) in [7, 11) is 0. The quantitative estimate of drug-likeness (QED) is 0.314. The number of carbonyl (C=O) groups is 2. The number of benzene rings is 1. The number of carbonyl (C=O) groups excluding carboxylic acids is 2. The van der Waals surface area contributed by atoms with Crippen LogP contribution in [0.5, 0.6) is 0 Å². The first-order valence-electron chi connectivity index (χ1n) is 10.7. The van der Waals surface area contributed by atoms with Crippen LogP contribution in [0.25, 0.3) is 10.9 Å². The van der Waals surface area contributed by atoms with E-state index in [1.54, 1.807) is 19.9 Å². The van der Waals surface area contributed by atoms with Crippen LogP contribution in [-0.2, 0) is 9.53 Å². The number of anilines is 1. The second kappa shape index (κ2) is 9.40. The number of hydrogen-bond donors (Lipinski definition) is 4. The summed E-state index contributed by atoms with van der Waals surface area (Å²) in [5.41, 5.74) is 2.64. The van der Waals surface area contributed by atoms with Gasteiger partial charge in [0.1, 0.15) is 5.00 Å². The number of aryl methyl sites for hydroxylation is 1. The number of thiophene rings is 1. The molecule has 2 aromatic heterocycles. The topological polar surface area (TPSA) is 112 Å². The van der Waals surface area contributed by atoms with Gasteiger partial charge in [0, 0.05) is 21.7 Å². The Morgan fingerprint density at radius 3 is 2.68 bits per heavy atom. The van der Waals surface area contributed by atoms with E-state index < -0.39 is 17.9 Å². The average Bonchev–Trinajstić information content (AvgIpc) is 3.05. The standard InChI is InChI=1S/C24H24N4O4S2/c1-5-32-23(31)17-11(2)13(4)34-22(17)28-21(30)18-12(3)25-24(33)27-19(18)15-10-14-8-6-7-9-16(14)26-20(15)29/h6-10,19H,5H2,1-4H3,(H,26,29)(H,28,30)(H2,25,27,33)/t19-/m1/s1. The number of fused-ring (bicyclic) bond motifs is 1. The van der Waals surface area contributed by atoms with Crippen LogP contribution in [0.3, 0.4) is 0 Å². The van der Waals surface area contributed by atoms with Crippen LogP contribution < -0.4 is 21.5 Å². The Morgan fingerprint density at radius 2 is 1.94 bits per heavy atom. The van der Waals surface area contributed by atoms with Crippen molar-refractivity contribution in [1.82, 2.24) is 15.6 Å². The first-order chi connectivity index (χ1) is 16.2. The van der Waals surface area contributed by atoms with Crippen molar-refractivity contribution in [2.45, 2.75) is 33.7 Å². The molecule has 3 heterocycles. The molecule has 1 amide bonds. The van der Waals surface area contributed by atoms with Crippen molar-refractivity contribution in [1.29, 1.82) is 0 Å². The molecule has 0 fully saturated rings. The number of nitrogens with one attached hydrogen (secondary N) is 4. The van der Waals surface area contributed by atoms with Crippen LogP contribution in [0.2, 0.25) is 0 Å². The molecule has 1 aliphatic rings. The minimum Gasteiger partial charge on any atom is -0.462 e. The van der Waals surface area contributed by atoms with Crippen molar-refractivity contribution >= 4 is 56.4 Å². The molecule has 0 bridgehead atoms. The maximum Gasteiger partial charge on any atom is 0.341 e. The van der Waals surface area contributed by atoms with Gasteiger partial charge in [-0.05, 0) is 63.0 Å². The molecular formula is C24H24N4O4S2. The molecule has 176 valence electrons. The zero-order valence-electron chi connectivity index (χ0n) is 19.1. The molecule has 0 unspecified atom stereocenters. The van der Waals surface area contributed by atoms with Crippen molar-refractivity contribution in [3.8, 4) is 0 Å². The number of thiocarbonyl (C=S) groups is 1. The number of pyridine rings is 1. The zero-order valence-corrected chi connectivity index (χ0v) is 20.8. The highest BCUT2D eigenvalue weighted by atomic mass is 32.1. The number of ether oxygens (including phenoxy) is 1. The Bertz CT molecular complexity index is 1420. The Hall–Kier alpha value is -3.50. The van der Waals surface area contributed by atoms with Crippen molar-refractivity contribution in [2.75, 3.05) is 11.9 Å². The highest BCUT2D eigenvalue weighted by molar-refractivity contribution is 7.80. The largest absolute Gasteiger partial charge is 0.462 e. The van der Waals surface area contributed by atoms with E-state index in [-0.39, 0.29) is 12.2 Å². The summed E-state index contributed by atoms with van der Waals surface area (Å²) in [6, 6.07) is 8.38. The maximum atomic E-state index is 13.5. The molecular weight excluding hydrogens is 472 g/mol. The maximum absolute atomic E-state index is 13.5. The SMILES string of the molecule is CCOC(=O)c1c(NC(=O)C2=C(C)NC(=S)N[C@@H]2c2cc3ccccc3[nH]c2=O)sc(C)c1C. The molecule has 0 spiro atoms. The number of allylic oxidation sites excluding steroid dienone is 1. The van der Waals surface area contributed by atoms with Gasteiger partial charge in [0.05, 0.1) is 23.8 Å². The molecule has 4 rings (SSSR count). The van der Waals surface area contributed by atoms with Crippen LogP contribution in [0.4, 0.5) is 5.00 Å². The summed E-state index contributed by atoms with van der Waals surface area (Å²) in [6.07, 6.45) is 0. The first kappa shape index (κ1) is 23.7. The molecule has 4 N–H and O–H groups in total. The van der Waals surface area contributed by atoms with Gasteiger partial charge in [-0.3, -0.25) is 9.59 Å². The molecule has 3 aromatic rings. The summed E-state index contributed by atoms with van der Waals surface area (Å²) in [6.45, 7) is 7.37. The van der Waals surface area contributed by atoms with Gasteiger partial charge in [-0.2, -0.15) is 0 Å². The molecule has 0 aliphatic carbocycles. The molecule has 10 heteroatoms.